The van der Waals surface area contributed by atoms with E-state index in [1.165, 1.54) is 0 Å². The lowest BCUT2D eigenvalue weighted by Gasteiger charge is -2.34. The molecule has 0 radical (unpaired) electrons. The van der Waals surface area contributed by atoms with Crippen LogP contribution < -0.4 is 5.32 Å². The van der Waals surface area contributed by atoms with Crippen LogP contribution in [0.15, 0.2) is 60.8 Å². The molecule has 7 nitrogen and oxygen atoms in total. The number of carbonyl (C=O) groups excluding carboxylic acids is 2. The van der Waals surface area contributed by atoms with E-state index in [-0.39, 0.29) is 11.8 Å². The van der Waals surface area contributed by atoms with Crippen LogP contribution >= 0.6 is 11.6 Å². The van der Waals surface area contributed by atoms with Gasteiger partial charge in [-0.15, -0.1) is 0 Å². The molecule has 0 aliphatic carbocycles. The number of benzene rings is 2. The first-order chi connectivity index (χ1) is 15.5. The molecule has 32 heavy (non-hydrogen) atoms. The summed E-state index contributed by atoms with van der Waals surface area (Å²) in [5, 5.41) is 7.99. The smallest absolute Gasteiger partial charge is 0.274 e. The van der Waals surface area contributed by atoms with Gasteiger partial charge in [0.2, 0.25) is 5.91 Å². The predicted molar refractivity (Wildman–Crippen MR) is 125 cm³/mol. The summed E-state index contributed by atoms with van der Waals surface area (Å²) in [6.45, 7) is 4.76. The molecule has 1 saturated heterocycles. The van der Waals surface area contributed by atoms with Crippen molar-refractivity contribution in [3.8, 4) is 5.69 Å². The first-order valence-corrected chi connectivity index (χ1v) is 11.1. The van der Waals surface area contributed by atoms with E-state index >= 15 is 0 Å². The number of anilines is 1. The first kappa shape index (κ1) is 22.0. The van der Waals surface area contributed by atoms with Crippen molar-refractivity contribution < 1.29 is 9.59 Å². The zero-order valence-electron chi connectivity index (χ0n) is 18.0. The molecule has 1 aliphatic heterocycles. The average molecular weight is 452 g/mol. The second kappa shape index (κ2) is 9.97. The number of rotatable bonds is 6. The van der Waals surface area contributed by atoms with E-state index in [0.717, 1.165) is 23.4 Å². The average Bonchev–Trinajstić information content (AvgIpc) is 3.30. The van der Waals surface area contributed by atoms with Crippen LogP contribution in [0, 0.1) is 0 Å². The SMILES string of the molecule is CCc1ccccc1NC(=O)CN1CCN(C(=O)c2ccn(-c3ccccc3Cl)n2)CC1. The number of amides is 2. The number of carbonyl (C=O) groups is 2. The van der Waals surface area contributed by atoms with Gasteiger partial charge >= 0.3 is 0 Å². The summed E-state index contributed by atoms with van der Waals surface area (Å²) < 4.78 is 1.62. The van der Waals surface area contributed by atoms with Crippen LogP contribution in [0.5, 0.6) is 0 Å². The van der Waals surface area contributed by atoms with Gasteiger partial charge in [0.15, 0.2) is 5.69 Å². The Kier molecular flexibility index (Phi) is 6.87. The zero-order valence-corrected chi connectivity index (χ0v) is 18.8. The number of nitrogens with zero attached hydrogens (tertiary/aromatic N) is 4. The Bertz CT molecular complexity index is 1110. The van der Waals surface area contributed by atoms with Crippen molar-refractivity contribution in [2.75, 3.05) is 38.0 Å². The normalized spacial score (nSPS) is 14.4. The van der Waals surface area contributed by atoms with Gasteiger partial charge in [-0.1, -0.05) is 48.9 Å². The third-order valence-corrected chi connectivity index (χ3v) is 5.93. The Morgan fingerprint density at radius 1 is 1.00 bits per heavy atom. The highest BCUT2D eigenvalue weighted by Crippen LogP contribution is 2.20. The van der Waals surface area contributed by atoms with Crippen molar-refractivity contribution >= 4 is 29.1 Å². The van der Waals surface area contributed by atoms with E-state index in [2.05, 4.69) is 22.2 Å². The minimum absolute atomic E-state index is 0.0378. The fourth-order valence-electron chi connectivity index (χ4n) is 3.82. The minimum atomic E-state index is -0.114. The summed E-state index contributed by atoms with van der Waals surface area (Å²) in [5.74, 6) is -0.152. The van der Waals surface area contributed by atoms with Gasteiger partial charge in [0, 0.05) is 38.1 Å². The molecule has 3 aromatic rings. The molecule has 166 valence electrons. The number of piperazine rings is 1. The fraction of sp³-hybridized carbons (Fsp3) is 0.292. The second-order valence-electron chi connectivity index (χ2n) is 7.72. The number of halogens is 1. The number of aryl methyl sites for hydroxylation is 1. The number of para-hydroxylation sites is 2. The Morgan fingerprint density at radius 3 is 2.47 bits per heavy atom. The third kappa shape index (κ3) is 5.00. The first-order valence-electron chi connectivity index (χ1n) is 10.7. The molecule has 0 atom stereocenters. The van der Waals surface area contributed by atoms with E-state index in [9.17, 15) is 9.59 Å². The van der Waals surface area contributed by atoms with Crippen LogP contribution in [0.2, 0.25) is 5.02 Å². The molecule has 0 unspecified atom stereocenters. The molecule has 1 N–H and O–H groups in total. The summed E-state index contributed by atoms with van der Waals surface area (Å²) in [6, 6.07) is 16.9. The number of hydrogen-bond donors (Lipinski definition) is 1. The van der Waals surface area contributed by atoms with Crippen molar-refractivity contribution in [3.05, 3.63) is 77.1 Å². The van der Waals surface area contributed by atoms with Crippen LogP contribution in [0.3, 0.4) is 0 Å². The Balaban J connectivity index is 1.30. The maximum Gasteiger partial charge on any atom is 0.274 e. The van der Waals surface area contributed by atoms with Crippen molar-refractivity contribution in [3.63, 3.8) is 0 Å². The van der Waals surface area contributed by atoms with Crippen LogP contribution in [0.4, 0.5) is 5.69 Å². The molecule has 2 heterocycles. The largest absolute Gasteiger partial charge is 0.335 e. The van der Waals surface area contributed by atoms with Crippen molar-refractivity contribution in [1.82, 2.24) is 19.6 Å². The van der Waals surface area contributed by atoms with Gasteiger partial charge in [-0.25, -0.2) is 4.68 Å². The molecule has 0 spiro atoms. The standard InChI is InChI=1S/C24H26ClN5O2/c1-2-18-7-3-5-9-20(18)26-23(31)17-28-13-15-29(16-14-28)24(32)21-11-12-30(27-21)22-10-6-4-8-19(22)25/h3-12H,2,13-17H2,1H3,(H,26,31). The lowest BCUT2D eigenvalue weighted by molar-refractivity contribution is -0.117. The molecule has 1 aromatic heterocycles. The summed E-state index contributed by atoms with van der Waals surface area (Å²) in [5.41, 5.74) is 3.09. The quantitative estimate of drug-likeness (QED) is 0.622. The molecule has 2 amide bonds. The summed E-state index contributed by atoms with van der Waals surface area (Å²) >= 11 is 6.23. The molecular weight excluding hydrogens is 426 g/mol. The van der Waals surface area contributed by atoms with Crippen molar-refractivity contribution in [2.45, 2.75) is 13.3 Å². The fourth-order valence-corrected chi connectivity index (χ4v) is 4.05. The Labute approximate surface area is 192 Å². The molecule has 8 heteroatoms. The van der Waals surface area contributed by atoms with Crippen molar-refractivity contribution in [2.24, 2.45) is 0 Å². The highest BCUT2D eigenvalue weighted by Gasteiger charge is 2.25. The van der Waals surface area contributed by atoms with Crippen molar-refractivity contribution in [1.29, 1.82) is 0 Å². The zero-order chi connectivity index (χ0) is 22.5. The highest BCUT2D eigenvalue weighted by molar-refractivity contribution is 6.32. The maximum absolute atomic E-state index is 12.9. The maximum atomic E-state index is 12.9. The van der Waals surface area contributed by atoms with Gasteiger partial charge in [0.05, 0.1) is 17.3 Å². The lowest BCUT2D eigenvalue weighted by Crippen LogP contribution is -2.50. The highest BCUT2D eigenvalue weighted by atomic mass is 35.5. The van der Waals surface area contributed by atoms with E-state index in [4.69, 9.17) is 11.6 Å². The van der Waals surface area contributed by atoms with Gasteiger partial charge in [0.25, 0.3) is 5.91 Å². The summed E-state index contributed by atoms with van der Waals surface area (Å²) in [7, 11) is 0. The summed E-state index contributed by atoms with van der Waals surface area (Å²) in [6.07, 6.45) is 2.60. The molecule has 1 fully saturated rings. The van der Waals surface area contributed by atoms with Gasteiger partial charge < -0.3 is 10.2 Å². The van der Waals surface area contributed by atoms with E-state index in [0.29, 0.717) is 43.4 Å². The van der Waals surface area contributed by atoms with Crippen LogP contribution in [0.1, 0.15) is 23.0 Å². The lowest BCUT2D eigenvalue weighted by atomic mass is 10.1. The third-order valence-electron chi connectivity index (χ3n) is 5.61. The molecule has 2 aromatic carbocycles. The van der Waals surface area contributed by atoms with Crippen LogP contribution in [-0.2, 0) is 11.2 Å². The second-order valence-corrected chi connectivity index (χ2v) is 8.13. The molecule has 0 saturated carbocycles. The Hall–Kier alpha value is -3.16. The molecule has 1 aliphatic rings. The van der Waals surface area contributed by atoms with E-state index in [1.54, 1.807) is 27.9 Å². The Morgan fingerprint density at radius 2 is 1.72 bits per heavy atom. The van der Waals surface area contributed by atoms with Gasteiger partial charge in [-0.05, 0) is 36.2 Å². The van der Waals surface area contributed by atoms with Crippen LogP contribution in [0.25, 0.3) is 5.69 Å². The number of nitrogens with one attached hydrogen (secondary N) is 1. The van der Waals surface area contributed by atoms with E-state index < -0.39 is 0 Å². The number of hydrogen-bond acceptors (Lipinski definition) is 4. The van der Waals surface area contributed by atoms with Crippen LogP contribution in [-0.4, -0.2) is 64.1 Å². The number of aromatic nitrogens is 2. The van der Waals surface area contributed by atoms with Gasteiger partial charge in [-0.2, -0.15) is 5.10 Å². The van der Waals surface area contributed by atoms with E-state index in [1.807, 2.05) is 42.5 Å². The topological polar surface area (TPSA) is 70.5 Å². The summed E-state index contributed by atoms with van der Waals surface area (Å²) in [4.78, 5) is 29.2. The minimum Gasteiger partial charge on any atom is -0.335 e. The molecule has 4 rings (SSSR count). The molecular formula is C24H26ClN5O2. The van der Waals surface area contributed by atoms with Gasteiger partial charge in [-0.3, -0.25) is 14.5 Å². The van der Waals surface area contributed by atoms with Gasteiger partial charge in [0.1, 0.15) is 0 Å². The predicted octanol–water partition coefficient (Wildman–Crippen LogP) is 3.48. The monoisotopic (exact) mass is 451 g/mol. The molecule has 0 bridgehead atoms.